The Balaban J connectivity index is 2.25. The Hall–Kier alpha value is -2.47. The summed E-state index contributed by atoms with van der Waals surface area (Å²) in [5.41, 5.74) is 11.8. The molecule has 2 aromatic rings. The lowest BCUT2D eigenvalue weighted by molar-refractivity contribution is 0.0998. The van der Waals surface area contributed by atoms with Gasteiger partial charge in [-0.25, -0.2) is 9.97 Å². The summed E-state index contributed by atoms with van der Waals surface area (Å²) in [7, 11) is 0. The van der Waals surface area contributed by atoms with Gasteiger partial charge in [0.2, 0.25) is 0 Å². The second kappa shape index (κ2) is 5.24. The Morgan fingerprint density at radius 1 is 1.22 bits per heavy atom. The average molecular weight is 244 g/mol. The third-order valence-corrected chi connectivity index (χ3v) is 2.27. The molecule has 0 atom stereocenters. The van der Waals surface area contributed by atoms with Gasteiger partial charge in [0, 0.05) is 24.5 Å². The van der Waals surface area contributed by atoms with Gasteiger partial charge in [-0.3, -0.25) is 4.79 Å². The summed E-state index contributed by atoms with van der Waals surface area (Å²) in [6.07, 6.45) is 3.13. The third-order valence-electron chi connectivity index (χ3n) is 2.27. The number of amides is 1. The number of nitrogens with zero attached hydrogens (tertiary/aromatic N) is 2. The van der Waals surface area contributed by atoms with Crippen molar-refractivity contribution in [2.24, 2.45) is 11.5 Å². The van der Waals surface area contributed by atoms with Gasteiger partial charge < -0.3 is 16.2 Å². The standard InChI is InChI=1S/C12H12N4O2/c13-5-8-6-15-12(16-7-8)18-10-4-2-1-3-9(10)11(14)17/h1-4,6-7H,5,13H2,(H2,14,17). The Morgan fingerprint density at radius 3 is 2.50 bits per heavy atom. The van der Waals surface area contributed by atoms with Crippen molar-refractivity contribution >= 4 is 5.91 Å². The number of hydrogen-bond acceptors (Lipinski definition) is 5. The van der Waals surface area contributed by atoms with Gasteiger partial charge in [0.15, 0.2) is 0 Å². The molecule has 18 heavy (non-hydrogen) atoms. The van der Waals surface area contributed by atoms with E-state index in [0.29, 0.717) is 12.3 Å². The second-order valence-electron chi connectivity index (χ2n) is 3.54. The number of aromatic nitrogens is 2. The average Bonchev–Trinajstić information content (AvgIpc) is 2.40. The number of primary amides is 1. The van der Waals surface area contributed by atoms with Gasteiger partial charge in [-0.05, 0) is 12.1 Å². The van der Waals surface area contributed by atoms with E-state index >= 15 is 0 Å². The summed E-state index contributed by atoms with van der Waals surface area (Å²) in [5, 5.41) is 0. The molecule has 6 nitrogen and oxygen atoms in total. The summed E-state index contributed by atoms with van der Waals surface area (Å²) in [5.74, 6) is -0.241. The van der Waals surface area contributed by atoms with Crippen molar-refractivity contribution in [1.82, 2.24) is 9.97 Å². The lowest BCUT2D eigenvalue weighted by Gasteiger charge is -2.07. The largest absolute Gasteiger partial charge is 0.423 e. The van der Waals surface area contributed by atoms with Crippen LogP contribution in [0.25, 0.3) is 0 Å². The Bertz CT molecular complexity index is 554. The van der Waals surface area contributed by atoms with Crippen molar-refractivity contribution in [3.8, 4) is 11.8 Å². The van der Waals surface area contributed by atoms with Crippen LogP contribution in [0.3, 0.4) is 0 Å². The van der Waals surface area contributed by atoms with Crippen molar-refractivity contribution in [3.63, 3.8) is 0 Å². The van der Waals surface area contributed by atoms with Gasteiger partial charge in [-0.1, -0.05) is 12.1 Å². The third kappa shape index (κ3) is 2.61. The van der Waals surface area contributed by atoms with Crippen LogP contribution in [0.1, 0.15) is 15.9 Å². The zero-order chi connectivity index (χ0) is 13.0. The van der Waals surface area contributed by atoms with Crippen LogP contribution in [-0.2, 0) is 6.54 Å². The molecule has 1 aromatic carbocycles. The molecule has 0 radical (unpaired) electrons. The number of rotatable bonds is 4. The van der Waals surface area contributed by atoms with E-state index in [0.717, 1.165) is 5.56 Å². The highest BCUT2D eigenvalue weighted by Gasteiger charge is 2.10. The van der Waals surface area contributed by atoms with Gasteiger partial charge in [0.05, 0.1) is 5.56 Å². The molecule has 1 aromatic heterocycles. The van der Waals surface area contributed by atoms with E-state index in [1.807, 2.05) is 0 Å². The van der Waals surface area contributed by atoms with E-state index in [-0.39, 0.29) is 11.6 Å². The van der Waals surface area contributed by atoms with Crippen LogP contribution in [0.2, 0.25) is 0 Å². The molecule has 0 saturated heterocycles. The van der Waals surface area contributed by atoms with Crippen LogP contribution in [0.5, 0.6) is 11.8 Å². The second-order valence-corrected chi connectivity index (χ2v) is 3.54. The molecule has 1 amide bonds. The predicted molar refractivity (Wildman–Crippen MR) is 65.0 cm³/mol. The van der Waals surface area contributed by atoms with Crippen LogP contribution in [0.15, 0.2) is 36.7 Å². The lowest BCUT2D eigenvalue weighted by Crippen LogP contribution is -2.12. The highest BCUT2D eigenvalue weighted by Crippen LogP contribution is 2.21. The van der Waals surface area contributed by atoms with Crippen LogP contribution < -0.4 is 16.2 Å². The maximum atomic E-state index is 11.2. The van der Waals surface area contributed by atoms with E-state index in [9.17, 15) is 4.79 Å². The molecule has 0 unspecified atom stereocenters. The van der Waals surface area contributed by atoms with Crippen LogP contribution in [0, 0.1) is 0 Å². The number of nitrogens with two attached hydrogens (primary N) is 2. The minimum absolute atomic E-state index is 0.140. The van der Waals surface area contributed by atoms with Crippen LogP contribution >= 0.6 is 0 Å². The summed E-state index contributed by atoms with van der Waals surface area (Å²) in [4.78, 5) is 19.2. The Labute approximate surface area is 104 Å². The van der Waals surface area contributed by atoms with Gasteiger partial charge >= 0.3 is 6.01 Å². The molecule has 0 aliphatic carbocycles. The molecule has 0 saturated carbocycles. The maximum Gasteiger partial charge on any atom is 0.321 e. The Morgan fingerprint density at radius 2 is 1.89 bits per heavy atom. The molecular formula is C12H12N4O2. The molecule has 2 rings (SSSR count). The molecule has 1 heterocycles. The highest BCUT2D eigenvalue weighted by atomic mass is 16.5. The molecule has 0 aliphatic rings. The number of para-hydroxylation sites is 1. The smallest absolute Gasteiger partial charge is 0.321 e. The normalized spacial score (nSPS) is 10.1. The van der Waals surface area contributed by atoms with E-state index in [2.05, 4.69) is 9.97 Å². The minimum Gasteiger partial charge on any atom is -0.423 e. The minimum atomic E-state index is -0.566. The fourth-order valence-corrected chi connectivity index (χ4v) is 1.36. The lowest BCUT2D eigenvalue weighted by atomic mass is 10.2. The summed E-state index contributed by atoms with van der Waals surface area (Å²) in [6.45, 7) is 0.359. The molecule has 92 valence electrons. The topological polar surface area (TPSA) is 104 Å². The molecule has 0 bridgehead atoms. The van der Waals surface area contributed by atoms with Gasteiger partial charge in [0.25, 0.3) is 5.91 Å². The Kier molecular flexibility index (Phi) is 3.49. The number of ether oxygens (including phenoxy) is 1. The zero-order valence-corrected chi connectivity index (χ0v) is 9.54. The van der Waals surface area contributed by atoms with Crippen molar-refractivity contribution in [2.45, 2.75) is 6.54 Å². The van der Waals surface area contributed by atoms with Crippen molar-refractivity contribution in [1.29, 1.82) is 0 Å². The molecule has 0 aliphatic heterocycles. The van der Waals surface area contributed by atoms with Gasteiger partial charge in [-0.15, -0.1) is 0 Å². The predicted octanol–water partition coefficient (Wildman–Crippen LogP) is 0.826. The highest BCUT2D eigenvalue weighted by molar-refractivity contribution is 5.95. The van der Waals surface area contributed by atoms with Crippen molar-refractivity contribution in [2.75, 3.05) is 0 Å². The molecule has 0 fully saturated rings. The SMILES string of the molecule is NCc1cnc(Oc2ccccc2C(N)=O)nc1. The molecule has 6 heteroatoms. The fourth-order valence-electron chi connectivity index (χ4n) is 1.36. The summed E-state index contributed by atoms with van der Waals surface area (Å²) < 4.78 is 5.41. The summed E-state index contributed by atoms with van der Waals surface area (Å²) in [6, 6.07) is 6.77. The monoisotopic (exact) mass is 244 g/mol. The first kappa shape index (κ1) is 12.0. The number of hydrogen-bond donors (Lipinski definition) is 2. The zero-order valence-electron chi connectivity index (χ0n) is 9.54. The number of carbonyl (C=O) groups excluding carboxylic acids is 1. The van der Waals surface area contributed by atoms with Crippen molar-refractivity contribution in [3.05, 3.63) is 47.8 Å². The molecule has 4 N–H and O–H groups in total. The van der Waals surface area contributed by atoms with Crippen LogP contribution in [0.4, 0.5) is 0 Å². The molecular weight excluding hydrogens is 232 g/mol. The number of carbonyl (C=O) groups is 1. The van der Waals surface area contributed by atoms with Gasteiger partial charge in [0.1, 0.15) is 5.75 Å². The fraction of sp³-hybridized carbons (Fsp3) is 0.0833. The van der Waals surface area contributed by atoms with E-state index < -0.39 is 5.91 Å². The van der Waals surface area contributed by atoms with Gasteiger partial charge in [-0.2, -0.15) is 0 Å². The quantitative estimate of drug-likeness (QED) is 0.828. The first-order valence-electron chi connectivity index (χ1n) is 5.28. The molecule has 0 spiro atoms. The van der Waals surface area contributed by atoms with Crippen LogP contribution in [-0.4, -0.2) is 15.9 Å². The van der Waals surface area contributed by atoms with Crippen molar-refractivity contribution < 1.29 is 9.53 Å². The van der Waals surface area contributed by atoms with E-state index in [1.165, 1.54) is 0 Å². The van der Waals surface area contributed by atoms with E-state index in [4.69, 9.17) is 16.2 Å². The first-order chi connectivity index (χ1) is 8.70. The maximum absolute atomic E-state index is 11.2. The summed E-state index contributed by atoms with van der Waals surface area (Å²) >= 11 is 0. The van der Waals surface area contributed by atoms with E-state index in [1.54, 1.807) is 36.7 Å². The first-order valence-corrected chi connectivity index (χ1v) is 5.28. The number of benzene rings is 1.